The van der Waals surface area contributed by atoms with Gasteiger partial charge in [0.15, 0.2) is 11.5 Å². The third-order valence-electron chi connectivity index (χ3n) is 2.29. The molecule has 0 saturated heterocycles. The van der Waals surface area contributed by atoms with Crippen LogP contribution in [-0.2, 0) is 4.79 Å². The van der Waals surface area contributed by atoms with Crippen LogP contribution < -0.4 is 15.2 Å². The molecule has 1 aromatic rings. The molecule has 6 heteroatoms. The van der Waals surface area contributed by atoms with E-state index in [1.165, 1.54) is 6.07 Å². The molecule has 3 N–H and O–H groups in total. The topological polar surface area (TPSA) is 81.8 Å². The van der Waals surface area contributed by atoms with Gasteiger partial charge in [-0.05, 0) is 6.07 Å². The van der Waals surface area contributed by atoms with Gasteiger partial charge < -0.3 is 20.3 Å². The summed E-state index contributed by atoms with van der Waals surface area (Å²) in [5.41, 5.74) is 5.69. The van der Waals surface area contributed by atoms with Crippen LogP contribution in [0.25, 0.3) is 0 Å². The van der Waals surface area contributed by atoms with E-state index in [4.69, 9.17) is 20.3 Å². The van der Waals surface area contributed by atoms with Crippen LogP contribution in [0.2, 0.25) is 0 Å². The van der Waals surface area contributed by atoms with Crippen molar-refractivity contribution in [2.24, 2.45) is 5.73 Å². The zero-order valence-corrected chi connectivity index (χ0v) is 8.27. The number of benzene rings is 1. The Balaban J connectivity index is 2.30. The number of hydrogen-bond acceptors (Lipinski definition) is 4. The fourth-order valence-corrected chi connectivity index (χ4v) is 1.52. The average Bonchev–Trinajstić information content (AvgIpc) is 2.61. The molecule has 0 bridgehead atoms. The number of rotatable bonds is 3. The summed E-state index contributed by atoms with van der Waals surface area (Å²) in [7, 11) is 0. The molecule has 1 atom stereocenters. The number of hydrogen-bond donors (Lipinski definition) is 2. The van der Waals surface area contributed by atoms with Gasteiger partial charge in [0.2, 0.25) is 6.79 Å². The molecule has 0 aromatic heterocycles. The first-order valence-corrected chi connectivity index (χ1v) is 4.64. The number of aliphatic carboxylic acids is 1. The van der Waals surface area contributed by atoms with Crippen LogP contribution >= 0.6 is 0 Å². The van der Waals surface area contributed by atoms with Gasteiger partial charge in [-0.25, -0.2) is 4.39 Å². The van der Waals surface area contributed by atoms with E-state index >= 15 is 0 Å². The number of nitrogens with two attached hydrogens (primary N) is 1. The van der Waals surface area contributed by atoms with Gasteiger partial charge >= 0.3 is 5.97 Å². The quantitative estimate of drug-likeness (QED) is 0.805. The van der Waals surface area contributed by atoms with Gasteiger partial charge in [0.25, 0.3) is 0 Å². The highest BCUT2D eigenvalue weighted by molar-refractivity contribution is 5.68. The number of carboxylic acid groups (broad SMARTS) is 1. The highest BCUT2D eigenvalue weighted by atomic mass is 19.1. The molecule has 16 heavy (non-hydrogen) atoms. The van der Waals surface area contributed by atoms with Gasteiger partial charge in [0.1, 0.15) is 5.82 Å². The Labute approximate surface area is 90.6 Å². The monoisotopic (exact) mass is 227 g/mol. The molecule has 1 aliphatic rings. The summed E-state index contributed by atoms with van der Waals surface area (Å²) in [5, 5.41) is 8.57. The fourth-order valence-electron chi connectivity index (χ4n) is 1.52. The molecule has 2 rings (SSSR count). The molecular weight excluding hydrogens is 217 g/mol. The second-order valence-corrected chi connectivity index (χ2v) is 3.43. The first-order valence-electron chi connectivity index (χ1n) is 4.64. The molecule has 0 amide bonds. The molecule has 1 aliphatic heterocycles. The van der Waals surface area contributed by atoms with Crippen molar-refractivity contribution in [3.8, 4) is 11.5 Å². The van der Waals surface area contributed by atoms with Crippen molar-refractivity contribution in [2.75, 3.05) is 6.79 Å². The second kappa shape index (κ2) is 3.97. The molecule has 86 valence electrons. The van der Waals surface area contributed by atoms with Crippen molar-refractivity contribution in [3.05, 3.63) is 23.5 Å². The van der Waals surface area contributed by atoms with Gasteiger partial charge in [0.05, 0.1) is 6.42 Å². The third-order valence-corrected chi connectivity index (χ3v) is 2.29. The molecule has 0 spiro atoms. The number of ether oxygens (including phenoxy) is 2. The summed E-state index contributed by atoms with van der Waals surface area (Å²) in [6.45, 7) is 0.0341. The van der Waals surface area contributed by atoms with Crippen LogP contribution in [0.1, 0.15) is 18.0 Å². The van der Waals surface area contributed by atoms with Gasteiger partial charge in [-0.2, -0.15) is 0 Å². The predicted molar refractivity (Wildman–Crippen MR) is 51.7 cm³/mol. The standard InChI is InChI=1S/C10H10FNO4/c11-6-2-9-8(15-4-16-9)1-5(6)7(12)3-10(13)14/h1-2,7H,3-4,12H2,(H,13,14). The minimum absolute atomic E-state index is 0.0341. The summed E-state index contributed by atoms with van der Waals surface area (Å²) in [6.07, 6.45) is -0.337. The highest BCUT2D eigenvalue weighted by Crippen LogP contribution is 2.36. The minimum atomic E-state index is -1.08. The Kier molecular flexibility index (Phi) is 2.66. The Morgan fingerprint density at radius 3 is 2.75 bits per heavy atom. The maximum absolute atomic E-state index is 13.5. The van der Waals surface area contributed by atoms with Crippen molar-refractivity contribution >= 4 is 5.97 Å². The number of carboxylic acids is 1. The smallest absolute Gasteiger partial charge is 0.305 e. The normalized spacial score (nSPS) is 14.9. The number of fused-ring (bicyclic) bond motifs is 1. The second-order valence-electron chi connectivity index (χ2n) is 3.43. The predicted octanol–water partition coefficient (Wildman–Crippen LogP) is 1.03. The Hall–Kier alpha value is -1.82. The van der Waals surface area contributed by atoms with Crippen molar-refractivity contribution in [3.63, 3.8) is 0 Å². The lowest BCUT2D eigenvalue weighted by molar-refractivity contribution is -0.137. The summed E-state index contributed by atoms with van der Waals surface area (Å²) < 4.78 is 23.6. The molecule has 0 aliphatic carbocycles. The first-order chi connectivity index (χ1) is 7.58. The summed E-state index contributed by atoms with van der Waals surface area (Å²) in [4.78, 5) is 10.5. The van der Waals surface area contributed by atoms with E-state index < -0.39 is 17.8 Å². The lowest BCUT2D eigenvalue weighted by atomic mass is 10.0. The van der Waals surface area contributed by atoms with Crippen molar-refractivity contribution < 1.29 is 23.8 Å². The first kappa shape index (κ1) is 10.7. The van der Waals surface area contributed by atoms with E-state index in [0.717, 1.165) is 6.07 Å². The van der Waals surface area contributed by atoms with Gasteiger partial charge in [-0.15, -0.1) is 0 Å². The van der Waals surface area contributed by atoms with E-state index in [0.29, 0.717) is 11.5 Å². The number of halogens is 1. The molecule has 1 unspecified atom stereocenters. The fraction of sp³-hybridized carbons (Fsp3) is 0.300. The Bertz CT molecular complexity index is 435. The van der Waals surface area contributed by atoms with E-state index in [2.05, 4.69) is 0 Å². The maximum atomic E-state index is 13.5. The summed E-state index contributed by atoms with van der Waals surface area (Å²) >= 11 is 0. The Morgan fingerprint density at radius 1 is 1.50 bits per heavy atom. The average molecular weight is 227 g/mol. The SMILES string of the molecule is NC(CC(=O)O)c1cc2c(cc1F)OCO2. The summed E-state index contributed by atoms with van der Waals surface area (Å²) in [5.74, 6) is -0.969. The molecule has 1 aromatic carbocycles. The van der Waals surface area contributed by atoms with Crippen LogP contribution in [0.3, 0.4) is 0 Å². The van der Waals surface area contributed by atoms with Crippen molar-refractivity contribution in [1.82, 2.24) is 0 Å². The zero-order valence-electron chi connectivity index (χ0n) is 8.27. The van der Waals surface area contributed by atoms with E-state index in [1.54, 1.807) is 0 Å². The van der Waals surface area contributed by atoms with Crippen LogP contribution in [-0.4, -0.2) is 17.9 Å². The largest absolute Gasteiger partial charge is 0.481 e. The van der Waals surface area contributed by atoms with Crippen LogP contribution in [0.5, 0.6) is 11.5 Å². The minimum Gasteiger partial charge on any atom is -0.481 e. The van der Waals surface area contributed by atoms with Gasteiger partial charge in [0, 0.05) is 17.7 Å². The molecular formula is C10H10FNO4. The molecule has 5 nitrogen and oxygen atoms in total. The lowest BCUT2D eigenvalue weighted by Crippen LogP contribution is -2.16. The maximum Gasteiger partial charge on any atom is 0.305 e. The highest BCUT2D eigenvalue weighted by Gasteiger charge is 2.21. The van der Waals surface area contributed by atoms with E-state index in [1.807, 2.05) is 0 Å². The van der Waals surface area contributed by atoms with Crippen molar-refractivity contribution in [1.29, 1.82) is 0 Å². The Morgan fingerprint density at radius 2 is 2.12 bits per heavy atom. The molecule has 1 heterocycles. The lowest BCUT2D eigenvalue weighted by Gasteiger charge is -2.11. The van der Waals surface area contributed by atoms with Crippen LogP contribution in [0, 0.1) is 5.82 Å². The molecule has 0 fully saturated rings. The third kappa shape index (κ3) is 1.92. The van der Waals surface area contributed by atoms with Gasteiger partial charge in [-0.3, -0.25) is 4.79 Å². The zero-order chi connectivity index (χ0) is 11.7. The van der Waals surface area contributed by atoms with Crippen LogP contribution in [0.15, 0.2) is 12.1 Å². The van der Waals surface area contributed by atoms with E-state index in [9.17, 15) is 9.18 Å². The van der Waals surface area contributed by atoms with Gasteiger partial charge in [-0.1, -0.05) is 0 Å². The molecule has 0 saturated carbocycles. The van der Waals surface area contributed by atoms with E-state index in [-0.39, 0.29) is 18.8 Å². The van der Waals surface area contributed by atoms with Crippen LogP contribution in [0.4, 0.5) is 4.39 Å². The summed E-state index contributed by atoms with van der Waals surface area (Å²) in [6, 6.07) is 1.64. The molecule has 0 radical (unpaired) electrons. The number of carbonyl (C=O) groups is 1. The van der Waals surface area contributed by atoms with Crippen molar-refractivity contribution in [2.45, 2.75) is 12.5 Å².